The van der Waals surface area contributed by atoms with Crippen LogP contribution in [0.4, 0.5) is 4.39 Å². The number of hydrogen-bond acceptors (Lipinski definition) is 2. The number of hydrogen-bond donors (Lipinski definition) is 0. The number of rotatable bonds is 3. The second kappa shape index (κ2) is 4.75. The molecule has 0 aliphatic carbocycles. The van der Waals surface area contributed by atoms with E-state index in [1.54, 1.807) is 0 Å². The third kappa shape index (κ3) is 2.22. The molecule has 62 valence electrons. The minimum Gasteiger partial charge on any atom is -0.248 e. The van der Waals surface area contributed by atoms with Crippen LogP contribution in [0.2, 0.25) is 0 Å². The number of halogens is 1. The Morgan fingerprint density at radius 3 is 2.58 bits per heavy atom. The Balaban J connectivity index is 2.87. The van der Waals surface area contributed by atoms with Crippen molar-refractivity contribution in [3.63, 3.8) is 0 Å². The fourth-order valence-electron chi connectivity index (χ4n) is 0.937. The number of nitrogens with zero attached hydrogens (tertiary/aromatic N) is 1. The third-order valence-electron chi connectivity index (χ3n) is 1.54. The van der Waals surface area contributed by atoms with E-state index < -0.39 is 12.7 Å². The molecule has 0 radical (unpaired) electrons. The number of alkyl halides is 1. The molecule has 1 aromatic rings. The lowest BCUT2D eigenvalue weighted by Gasteiger charge is -2.04. The summed E-state index contributed by atoms with van der Waals surface area (Å²) in [6, 6.07) is 8.72. The topological polar surface area (TPSA) is 12.4 Å². The van der Waals surface area contributed by atoms with Crippen LogP contribution in [-0.2, 0) is 0 Å². The van der Waals surface area contributed by atoms with E-state index in [4.69, 9.17) is 0 Å². The van der Waals surface area contributed by atoms with Gasteiger partial charge in [0.2, 0.25) is 0 Å². The highest BCUT2D eigenvalue weighted by atomic mass is 32.1. The minimum atomic E-state index is -0.534. The first-order valence-electron chi connectivity index (χ1n) is 3.56. The summed E-state index contributed by atoms with van der Waals surface area (Å²) in [4.78, 5) is 3.70. The van der Waals surface area contributed by atoms with Gasteiger partial charge in [0.15, 0.2) is 0 Å². The number of benzene rings is 1. The first-order chi connectivity index (χ1) is 5.88. The summed E-state index contributed by atoms with van der Waals surface area (Å²) < 4.78 is 12.4. The molecule has 0 saturated carbocycles. The van der Waals surface area contributed by atoms with E-state index in [-0.39, 0.29) is 0 Å². The van der Waals surface area contributed by atoms with E-state index >= 15 is 0 Å². The maximum atomic E-state index is 12.4. The average molecular weight is 181 g/mol. The predicted octanol–water partition coefficient (Wildman–Crippen LogP) is 2.80. The van der Waals surface area contributed by atoms with Gasteiger partial charge < -0.3 is 0 Å². The highest BCUT2D eigenvalue weighted by Crippen LogP contribution is 2.16. The van der Waals surface area contributed by atoms with Crippen LogP contribution in [-0.4, -0.2) is 11.8 Å². The quantitative estimate of drug-likeness (QED) is 0.516. The van der Waals surface area contributed by atoms with Crippen LogP contribution < -0.4 is 0 Å². The summed E-state index contributed by atoms with van der Waals surface area (Å²) in [6.07, 6.45) is 0. The first kappa shape index (κ1) is 9.04. The summed E-state index contributed by atoms with van der Waals surface area (Å²) in [5.74, 6) is 0. The molecule has 0 N–H and O–H groups in total. The molecule has 1 unspecified atom stereocenters. The van der Waals surface area contributed by atoms with Crippen molar-refractivity contribution >= 4 is 17.4 Å². The fraction of sp³-hybridized carbons (Fsp3) is 0.222. The van der Waals surface area contributed by atoms with Gasteiger partial charge in [-0.2, -0.15) is 0 Å². The van der Waals surface area contributed by atoms with Gasteiger partial charge in [0, 0.05) is 0 Å². The van der Waals surface area contributed by atoms with Crippen molar-refractivity contribution in [1.82, 2.24) is 0 Å². The van der Waals surface area contributed by atoms with Gasteiger partial charge in [-0.25, -0.2) is 9.38 Å². The minimum absolute atomic E-state index is 0.483. The lowest BCUT2D eigenvalue weighted by atomic mass is 10.1. The molecule has 0 aliphatic heterocycles. The van der Waals surface area contributed by atoms with Crippen molar-refractivity contribution in [2.75, 3.05) is 6.67 Å². The molecule has 12 heavy (non-hydrogen) atoms. The van der Waals surface area contributed by atoms with Gasteiger partial charge in [-0.15, -0.1) is 0 Å². The van der Waals surface area contributed by atoms with Crippen LogP contribution in [0.15, 0.2) is 35.3 Å². The molecule has 0 spiro atoms. The van der Waals surface area contributed by atoms with Crippen molar-refractivity contribution < 1.29 is 4.39 Å². The van der Waals surface area contributed by atoms with Crippen LogP contribution in [0.1, 0.15) is 11.6 Å². The molecule has 1 atom stereocenters. The smallest absolute Gasteiger partial charge is 0.117 e. The Labute approximate surface area is 75.9 Å². The Morgan fingerprint density at radius 2 is 2.08 bits per heavy atom. The zero-order chi connectivity index (χ0) is 8.81. The van der Waals surface area contributed by atoms with Crippen LogP contribution in [0.5, 0.6) is 0 Å². The molecule has 1 nitrogen and oxygen atoms in total. The third-order valence-corrected chi connectivity index (χ3v) is 1.64. The molecule has 0 amide bonds. The van der Waals surface area contributed by atoms with Crippen LogP contribution >= 0.6 is 12.2 Å². The maximum absolute atomic E-state index is 12.4. The molecule has 1 rings (SSSR count). The van der Waals surface area contributed by atoms with E-state index in [1.807, 2.05) is 30.3 Å². The predicted molar refractivity (Wildman–Crippen MR) is 50.2 cm³/mol. The van der Waals surface area contributed by atoms with Gasteiger partial charge in [0.25, 0.3) is 0 Å². The summed E-state index contributed by atoms with van der Waals surface area (Å²) in [6.45, 7) is -0.534. The molecule has 0 saturated heterocycles. The Morgan fingerprint density at radius 1 is 1.42 bits per heavy atom. The van der Waals surface area contributed by atoms with E-state index in [2.05, 4.69) is 22.4 Å². The SMILES string of the molecule is FCC(N=C=S)c1ccccc1. The Hall–Kier alpha value is -1.05. The van der Waals surface area contributed by atoms with Crippen LogP contribution in [0, 0.1) is 0 Å². The van der Waals surface area contributed by atoms with E-state index in [1.165, 1.54) is 0 Å². The van der Waals surface area contributed by atoms with Crippen molar-refractivity contribution in [3.8, 4) is 0 Å². The van der Waals surface area contributed by atoms with E-state index in [0.29, 0.717) is 0 Å². The summed E-state index contributed by atoms with van der Waals surface area (Å²) >= 11 is 4.41. The first-order valence-corrected chi connectivity index (χ1v) is 3.97. The molecule has 0 heterocycles. The van der Waals surface area contributed by atoms with Crippen molar-refractivity contribution in [3.05, 3.63) is 35.9 Å². The molecule has 3 heteroatoms. The average Bonchev–Trinajstić information content (AvgIpc) is 2.15. The van der Waals surface area contributed by atoms with Crippen LogP contribution in [0.3, 0.4) is 0 Å². The Bertz CT molecular complexity index is 280. The second-order valence-electron chi connectivity index (χ2n) is 2.30. The zero-order valence-corrected chi connectivity index (χ0v) is 7.22. The van der Waals surface area contributed by atoms with Gasteiger partial charge in [0.1, 0.15) is 12.7 Å². The van der Waals surface area contributed by atoms with Crippen molar-refractivity contribution in [2.45, 2.75) is 6.04 Å². The normalized spacial score (nSPS) is 11.8. The monoisotopic (exact) mass is 181 g/mol. The van der Waals surface area contributed by atoms with Gasteiger partial charge >= 0.3 is 0 Å². The zero-order valence-electron chi connectivity index (χ0n) is 6.40. The highest BCUT2D eigenvalue weighted by Gasteiger charge is 2.06. The van der Waals surface area contributed by atoms with E-state index in [0.717, 1.165) is 5.56 Å². The van der Waals surface area contributed by atoms with Gasteiger partial charge in [-0.3, -0.25) is 0 Å². The lowest BCUT2D eigenvalue weighted by molar-refractivity contribution is 0.440. The molecular formula is C9H8FNS. The van der Waals surface area contributed by atoms with Crippen molar-refractivity contribution in [2.24, 2.45) is 4.99 Å². The molecule has 0 aromatic heterocycles. The maximum Gasteiger partial charge on any atom is 0.117 e. The lowest BCUT2D eigenvalue weighted by Crippen LogP contribution is -1.96. The summed E-state index contributed by atoms with van der Waals surface area (Å²) in [5.41, 5.74) is 0.831. The van der Waals surface area contributed by atoms with Gasteiger partial charge in [-0.05, 0) is 17.8 Å². The van der Waals surface area contributed by atoms with Crippen molar-refractivity contribution in [1.29, 1.82) is 0 Å². The summed E-state index contributed by atoms with van der Waals surface area (Å²) in [5, 5.41) is 2.19. The highest BCUT2D eigenvalue weighted by molar-refractivity contribution is 7.78. The van der Waals surface area contributed by atoms with Gasteiger partial charge in [0.05, 0.1) is 5.16 Å². The molecular weight excluding hydrogens is 173 g/mol. The number of isothiocyanates is 1. The summed E-state index contributed by atoms with van der Waals surface area (Å²) in [7, 11) is 0. The molecule has 0 aliphatic rings. The molecule has 0 fully saturated rings. The Kier molecular flexibility index (Phi) is 3.58. The van der Waals surface area contributed by atoms with Gasteiger partial charge in [-0.1, -0.05) is 30.3 Å². The molecule has 0 bridgehead atoms. The number of aliphatic imine (C=N–C) groups is 1. The second-order valence-corrected chi connectivity index (χ2v) is 2.48. The van der Waals surface area contributed by atoms with Crippen LogP contribution in [0.25, 0.3) is 0 Å². The molecule has 1 aromatic carbocycles. The van der Waals surface area contributed by atoms with E-state index in [9.17, 15) is 4.39 Å². The standard InChI is InChI=1S/C9H8FNS/c10-6-9(11-7-12)8-4-2-1-3-5-8/h1-5,9H,6H2. The fourth-order valence-corrected chi connectivity index (χ4v) is 1.06. The largest absolute Gasteiger partial charge is 0.248 e. The number of thiocarbonyl (C=S) groups is 1.